The molecule has 1 aliphatic heterocycles. The van der Waals surface area contributed by atoms with E-state index in [9.17, 15) is 12.8 Å². The van der Waals surface area contributed by atoms with Crippen LogP contribution in [0.4, 0.5) is 16.0 Å². The number of benzene rings is 2. The maximum Gasteiger partial charge on any atom is 0.264 e. The van der Waals surface area contributed by atoms with Gasteiger partial charge in [-0.15, -0.1) is 0 Å². The minimum absolute atomic E-state index is 0.0740. The van der Waals surface area contributed by atoms with Crippen molar-refractivity contribution >= 4 is 21.7 Å². The summed E-state index contributed by atoms with van der Waals surface area (Å²) in [5.41, 5.74) is 1.85. The van der Waals surface area contributed by atoms with Gasteiger partial charge in [-0.25, -0.2) is 22.5 Å². The number of ether oxygens (including phenoxy) is 1. The lowest BCUT2D eigenvalue weighted by atomic mass is 10.0. The molecule has 0 unspecified atom stereocenters. The molecule has 0 saturated carbocycles. The first-order valence-electron chi connectivity index (χ1n) is 10.4. The normalized spacial score (nSPS) is 17.3. The van der Waals surface area contributed by atoms with Gasteiger partial charge in [0.1, 0.15) is 12.4 Å². The van der Waals surface area contributed by atoms with E-state index in [4.69, 9.17) is 4.74 Å². The van der Waals surface area contributed by atoms with E-state index in [1.807, 2.05) is 6.07 Å². The van der Waals surface area contributed by atoms with Gasteiger partial charge in [0.15, 0.2) is 0 Å². The van der Waals surface area contributed by atoms with Gasteiger partial charge in [-0.3, -0.25) is 0 Å². The second-order valence-corrected chi connectivity index (χ2v) is 9.94. The molecule has 1 aromatic heterocycles. The van der Waals surface area contributed by atoms with Crippen molar-refractivity contribution in [2.24, 2.45) is 5.92 Å². The molecule has 168 valence electrons. The zero-order valence-corrected chi connectivity index (χ0v) is 18.9. The fourth-order valence-electron chi connectivity index (χ4n) is 3.72. The maximum absolute atomic E-state index is 14.6. The molecular weight excluding hydrogens is 431 g/mol. The van der Waals surface area contributed by atoms with Gasteiger partial charge in [-0.1, -0.05) is 32.0 Å². The summed E-state index contributed by atoms with van der Waals surface area (Å²) in [6.45, 7) is 6.26. The van der Waals surface area contributed by atoms with Crippen LogP contribution in [0.5, 0.6) is 5.88 Å². The lowest BCUT2D eigenvalue weighted by Gasteiger charge is -2.23. The quantitative estimate of drug-likeness (QED) is 0.598. The van der Waals surface area contributed by atoms with Gasteiger partial charge in [0, 0.05) is 17.3 Å². The smallest absolute Gasteiger partial charge is 0.264 e. The molecule has 0 saturated heterocycles. The molecular formula is C23H25FN4O3S. The number of halogens is 1. The van der Waals surface area contributed by atoms with Crippen molar-refractivity contribution in [1.82, 2.24) is 9.97 Å². The number of rotatable bonds is 3. The van der Waals surface area contributed by atoms with E-state index in [2.05, 4.69) is 33.9 Å². The fraction of sp³-hybridized carbons (Fsp3) is 0.304. The third-order valence-corrected chi connectivity index (χ3v) is 6.44. The highest BCUT2D eigenvalue weighted by Crippen LogP contribution is 2.29. The number of sulfonamides is 1. The SMILES string of the molecule is Cc1cccc(F)c1-c1cc2nc(n1)NS(=O)(=O)c1cccc(c1)N[C@H](CC(C)C)CO2. The number of hydrogen-bond acceptors (Lipinski definition) is 6. The third-order valence-electron chi connectivity index (χ3n) is 5.11. The molecule has 1 atom stereocenters. The first-order valence-corrected chi connectivity index (χ1v) is 11.9. The van der Waals surface area contributed by atoms with E-state index < -0.39 is 15.8 Å². The van der Waals surface area contributed by atoms with Crippen molar-refractivity contribution in [3.05, 3.63) is 59.9 Å². The van der Waals surface area contributed by atoms with Crippen LogP contribution in [0.3, 0.4) is 0 Å². The Morgan fingerprint density at radius 3 is 2.69 bits per heavy atom. The molecule has 2 heterocycles. The highest BCUT2D eigenvalue weighted by Gasteiger charge is 2.22. The monoisotopic (exact) mass is 456 g/mol. The number of aromatic nitrogens is 2. The first-order chi connectivity index (χ1) is 15.2. The highest BCUT2D eigenvalue weighted by molar-refractivity contribution is 7.92. The van der Waals surface area contributed by atoms with Gasteiger partial charge >= 0.3 is 0 Å². The van der Waals surface area contributed by atoms with E-state index in [1.165, 1.54) is 18.2 Å². The van der Waals surface area contributed by atoms with Gasteiger partial charge < -0.3 is 10.1 Å². The summed E-state index contributed by atoms with van der Waals surface area (Å²) >= 11 is 0. The van der Waals surface area contributed by atoms with Crippen molar-refractivity contribution in [3.63, 3.8) is 0 Å². The van der Waals surface area contributed by atoms with Gasteiger partial charge in [-0.2, -0.15) is 4.98 Å². The van der Waals surface area contributed by atoms with Crippen LogP contribution in [0.1, 0.15) is 25.8 Å². The van der Waals surface area contributed by atoms with Gasteiger partial charge in [0.25, 0.3) is 10.0 Å². The molecule has 7 nitrogen and oxygen atoms in total. The molecule has 9 heteroatoms. The standard InChI is InChI=1S/C23H25FN4O3S/c1-14(2)10-17-13-31-21-12-20(22-15(3)6-4-9-19(22)24)26-23(27-21)28-32(29,30)18-8-5-7-16(11-18)25-17/h4-9,11-12,14,17,25H,10,13H2,1-3H3,(H,26,27,28)/t17-/m1/s1. The van der Waals surface area contributed by atoms with Gasteiger partial charge in [-0.05, 0) is 49.1 Å². The van der Waals surface area contributed by atoms with Crippen molar-refractivity contribution in [2.75, 3.05) is 16.6 Å². The van der Waals surface area contributed by atoms with E-state index in [1.54, 1.807) is 31.2 Å². The van der Waals surface area contributed by atoms with Crippen LogP contribution in [0, 0.1) is 18.7 Å². The van der Waals surface area contributed by atoms with E-state index in [-0.39, 0.29) is 34.0 Å². The zero-order valence-electron chi connectivity index (χ0n) is 18.1. The Bertz CT molecular complexity index is 1230. The van der Waals surface area contributed by atoms with E-state index in [0.29, 0.717) is 23.8 Å². The Labute approximate surface area is 187 Å². The van der Waals surface area contributed by atoms with Crippen molar-refractivity contribution in [3.8, 4) is 17.1 Å². The lowest BCUT2D eigenvalue weighted by molar-refractivity contribution is 0.271. The number of nitrogens with one attached hydrogen (secondary N) is 2. The summed E-state index contributed by atoms with van der Waals surface area (Å²) in [4.78, 5) is 8.59. The number of nitrogens with zero attached hydrogens (tertiary/aromatic N) is 2. The molecule has 0 spiro atoms. The van der Waals surface area contributed by atoms with Gasteiger partial charge in [0.2, 0.25) is 11.8 Å². The lowest BCUT2D eigenvalue weighted by Crippen LogP contribution is -2.29. The zero-order chi connectivity index (χ0) is 22.9. The Balaban J connectivity index is 1.84. The molecule has 3 aromatic rings. The molecule has 4 rings (SSSR count). The summed E-state index contributed by atoms with van der Waals surface area (Å²) in [5.74, 6) is -0.0959. The fourth-order valence-corrected chi connectivity index (χ4v) is 4.71. The molecule has 0 fully saturated rings. The number of fused-ring (bicyclic) bond motifs is 4. The van der Waals surface area contributed by atoms with Crippen molar-refractivity contribution < 1.29 is 17.5 Å². The topological polar surface area (TPSA) is 93.2 Å². The maximum atomic E-state index is 14.6. The molecule has 2 aromatic carbocycles. The molecule has 0 aliphatic carbocycles. The molecule has 4 bridgehead atoms. The molecule has 2 N–H and O–H groups in total. The second kappa shape index (κ2) is 8.74. The Hall–Kier alpha value is -3.20. The van der Waals surface area contributed by atoms with Crippen LogP contribution < -0.4 is 14.8 Å². The molecule has 0 amide bonds. The number of anilines is 2. The van der Waals surface area contributed by atoms with E-state index >= 15 is 0 Å². The van der Waals surface area contributed by atoms with Crippen LogP contribution in [-0.4, -0.2) is 31.0 Å². The molecule has 32 heavy (non-hydrogen) atoms. The number of hydrogen-bond donors (Lipinski definition) is 2. The highest BCUT2D eigenvalue weighted by atomic mass is 32.2. The minimum Gasteiger partial charge on any atom is -0.475 e. The number of aryl methyl sites for hydroxylation is 1. The van der Waals surface area contributed by atoms with Crippen LogP contribution in [0.15, 0.2) is 53.4 Å². The molecule has 0 radical (unpaired) electrons. The predicted octanol–water partition coefficient (Wildman–Crippen LogP) is 4.61. The summed E-state index contributed by atoms with van der Waals surface area (Å²) in [6.07, 6.45) is 0.798. The minimum atomic E-state index is -3.97. The van der Waals surface area contributed by atoms with Crippen LogP contribution in [0.2, 0.25) is 0 Å². The second-order valence-electron chi connectivity index (χ2n) is 8.26. The average molecular weight is 457 g/mol. The predicted molar refractivity (Wildman–Crippen MR) is 122 cm³/mol. The van der Waals surface area contributed by atoms with Crippen LogP contribution in [0.25, 0.3) is 11.3 Å². The van der Waals surface area contributed by atoms with Crippen LogP contribution in [-0.2, 0) is 10.0 Å². The summed E-state index contributed by atoms with van der Waals surface area (Å²) in [7, 11) is -3.97. The summed E-state index contributed by atoms with van der Waals surface area (Å²) in [6, 6.07) is 12.7. The van der Waals surface area contributed by atoms with Crippen molar-refractivity contribution in [2.45, 2.75) is 38.1 Å². The van der Waals surface area contributed by atoms with Gasteiger partial charge in [0.05, 0.1) is 16.6 Å². The molecule has 1 aliphatic rings. The summed E-state index contributed by atoms with van der Waals surface area (Å²) in [5, 5.41) is 3.36. The average Bonchev–Trinajstić information content (AvgIpc) is 2.71. The van der Waals surface area contributed by atoms with Crippen LogP contribution >= 0.6 is 0 Å². The van der Waals surface area contributed by atoms with Crippen molar-refractivity contribution in [1.29, 1.82) is 0 Å². The Morgan fingerprint density at radius 1 is 1.16 bits per heavy atom. The Morgan fingerprint density at radius 2 is 1.94 bits per heavy atom. The first kappa shape index (κ1) is 22.0. The third kappa shape index (κ3) is 4.83. The Kier molecular flexibility index (Phi) is 6.01. The summed E-state index contributed by atoms with van der Waals surface area (Å²) < 4.78 is 48.9. The van der Waals surface area contributed by atoms with E-state index in [0.717, 1.165) is 6.42 Å². The largest absolute Gasteiger partial charge is 0.475 e.